The SMILES string of the molecule is COc1ccccc1-c1cc2c(cc1Cl)Oc1cc(Cl)c(Cl)cc1O2. The van der Waals surface area contributed by atoms with E-state index in [4.69, 9.17) is 49.0 Å². The average molecular weight is 394 g/mol. The van der Waals surface area contributed by atoms with Gasteiger partial charge in [-0.1, -0.05) is 53.0 Å². The van der Waals surface area contributed by atoms with Crippen LogP contribution in [-0.4, -0.2) is 7.11 Å². The molecule has 0 unspecified atom stereocenters. The summed E-state index contributed by atoms with van der Waals surface area (Å²) in [5, 5.41) is 1.31. The Morgan fingerprint density at radius 2 is 1.20 bits per heavy atom. The third-order valence-corrected chi connectivity index (χ3v) is 4.89. The molecule has 0 bridgehead atoms. The molecule has 1 aliphatic heterocycles. The van der Waals surface area contributed by atoms with Crippen molar-refractivity contribution < 1.29 is 14.2 Å². The number of hydrogen-bond acceptors (Lipinski definition) is 3. The lowest BCUT2D eigenvalue weighted by atomic mass is 10.0. The fourth-order valence-corrected chi connectivity index (χ4v) is 3.24. The molecule has 1 heterocycles. The molecule has 6 heteroatoms. The Morgan fingerprint density at radius 1 is 0.680 bits per heavy atom. The zero-order valence-corrected chi connectivity index (χ0v) is 15.2. The molecular formula is C19H11Cl3O3. The van der Waals surface area contributed by atoms with Crippen LogP contribution < -0.4 is 14.2 Å². The summed E-state index contributed by atoms with van der Waals surface area (Å²) in [5.74, 6) is 2.75. The van der Waals surface area contributed by atoms with E-state index in [1.165, 1.54) is 0 Å². The first-order valence-corrected chi connectivity index (χ1v) is 8.52. The second-order valence-electron chi connectivity index (χ2n) is 5.40. The molecule has 25 heavy (non-hydrogen) atoms. The van der Waals surface area contributed by atoms with Crippen LogP contribution in [0.2, 0.25) is 15.1 Å². The Hall–Kier alpha value is -2.07. The number of halogens is 3. The Kier molecular flexibility index (Phi) is 4.16. The van der Waals surface area contributed by atoms with Crippen LogP contribution in [0.25, 0.3) is 11.1 Å². The maximum atomic E-state index is 6.47. The van der Waals surface area contributed by atoms with Crippen molar-refractivity contribution in [1.82, 2.24) is 0 Å². The average Bonchev–Trinajstić information content (AvgIpc) is 2.61. The molecule has 0 saturated carbocycles. The molecule has 0 fully saturated rings. The van der Waals surface area contributed by atoms with E-state index in [2.05, 4.69) is 0 Å². The van der Waals surface area contributed by atoms with Crippen molar-refractivity contribution in [1.29, 1.82) is 0 Å². The van der Waals surface area contributed by atoms with E-state index < -0.39 is 0 Å². The van der Waals surface area contributed by atoms with Crippen molar-refractivity contribution in [3.05, 3.63) is 63.6 Å². The van der Waals surface area contributed by atoms with Crippen LogP contribution in [0.3, 0.4) is 0 Å². The molecule has 4 rings (SSSR count). The molecule has 0 atom stereocenters. The van der Waals surface area contributed by atoms with Gasteiger partial charge in [0.1, 0.15) is 5.75 Å². The fraction of sp³-hybridized carbons (Fsp3) is 0.0526. The summed E-state index contributed by atoms with van der Waals surface area (Å²) < 4.78 is 17.2. The molecule has 1 aliphatic rings. The summed E-state index contributed by atoms with van der Waals surface area (Å²) in [6.45, 7) is 0. The molecule has 3 aromatic carbocycles. The minimum atomic E-state index is 0.393. The van der Waals surface area contributed by atoms with E-state index in [-0.39, 0.29) is 0 Å². The van der Waals surface area contributed by atoms with Gasteiger partial charge in [0, 0.05) is 29.3 Å². The zero-order valence-electron chi connectivity index (χ0n) is 13.0. The summed E-state index contributed by atoms with van der Waals surface area (Å²) in [6, 6.07) is 14.4. The first-order valence-electron chi connectivity index (χ1n) is 7.38. The smallest absolute Gasteiger partial charge is 0.171 e. The number of ether oxygens (including phenoxy) is 3. The molecule has 0 N–H and O–H groups in total. The van der Waals surface area contributed by atoms with Crippen LogP contribution in [0.5, 0.6) is 28.7 Å². The Bertz CT molecular complexity index is 986. The highest BCUT2D eigenvalue weighted by molar-refractivity contribution is 6.42. The molecule has 0 spiro atoms. The van der Waals surface area contributed by atoms with E-state index in [1.54, 1.807) is 25.3 Å². The van der Waals surface area contributed by atoms with Crippen LogP contribution in [0, 0.1) is 0 Å². The molecule has 126 valence electrons. The van der Waals surface area contributed by atoms with E-state index in [1.807, 2.05) is 30.3 Å². The molecule has 3 nitrogen and oxygen atoms in total. The van der Waals surface area contributed by atoms with Gasteiger partial charge in [-0.25, -0.2) is 0 Å². The minimum absolute atomic E-state index is 0.393. The maximum absolute atomic E-state index is 6.47. The summed E-state index contributed by atoms with van der Waals surface area (Å²) in [6.07, 6.45) is 0. The van der Waals surface area contributed by atoms with Gasteiger partial charge in [0.15, 0.2) is 23.0 Å². The quantitative estimate of drug-likeness (QED) is 0.360. The molecular weight excluding hydrogens is 383 g/mol. The monoisotopic (exact) mass is 392 g/mol. The summed E-state index contributed by atoms with van der Waals surface area (Å²) >= 11 is 18.6. The summed E-state index contributed by atoms with van der Waals surface area (Å²) in [7, 11) is 1.62. The molecule has 3 aromatic rings. The van der Waals surface area contributed by atoms with Gasteiger partial charge in [-0.05, 0) is 12.1 Å². The van der Waals surface area contributed by atoms with Crippen molar-refractivity contribution in [3.8, 4) is 39.9 Å². The highest BCUT2D eigenvalue weighted by Gasteiger charge is 2.23. The molecule has 0 amide bonds. The van der Waals surface area contributed by atoms with Gasteiger partial charge >= 0.3 is 0 Å². The van der Waals surface area contributed by atoms with E-state index in [0.29, 0.717) is 38.1 Å². The minimum Gasteiger partial charge on any atom is -0.496 e. The van der Waals surface area contributed by atoms with Crippen LogP contribution in [0.15, 0.2) is 48.5 Å². The topological polar surface area (TPSA) is 27.7 Å². The number of hydrogen-bond donors (Lipinski definition) is 0. The van der Waals surface area contributed by atoms with Crippen LogP contribution in [0.4, 0.5) is 0 Å². The van der Waals surface area contributed by atoms with Crippen molar-refractivity contribution in [3.63, 3.8) is 0 Å². The van der Waals surface area contributed by atoms with Gasteiger partial charge in [0.2, 0.25) is 0 Å². The van der Waals surface area contributed by atoms with Crippen LogP contribution in [-0.2, 0) is 0 Å². The number of methoxy groups -OCH3 is 1. The lowest BCUT2D eigenvalue weighted by Gasteiger charge is -2.22. The summed E-state index contributed by atoms with van der Waals surface area (Å²) in [4.78, 5) is 0. The van der Waals surface area contributed by atoms with Gasteiger partial charge < -0.3 is 14.2 Å². The van der Waals surface area contributed by atoms with Crippen LogP contribution in [0.1, 0.15) is 0 Å². The van der Waals surface area contributed by atoms with Gasteiger partial charge in [-0.2, -0.15) is 0 Å². The van der Waals surface area contributed by atoms with Crippen molar-refractivity contribution in [2.24, 2.45) is 0 Å². The Balaban J connectivity index is 1.82. The number of fused-ring (bicyclic) bond motifs is 2. The maximum Gasteiger partial charge on any atom is 0.171 e. The zero-order chi connectivity index (χ0) is 17.6. The van der Waals surface area contributed by atoms with Crippen LogP contribution >= 0.6 is 34.8 Å². The lowest BCUT2D eigenvalue weighted by molar-refractivity contribution is 0.360. The number of para-hydroxylation sites is 1. The first kappa shape index (κ1) is 16.4. The summed E-state index contributed by atoms with van der Waals surface area (Å²) in [5.41, 5.74) is 1.64. The number of benzene rings is 3. The first-order chi connectivity index (χ1) is 12.1. The van der Waals surface area contributed by atoms with Crippen molar-refractivity contribution >= 4 is 34.8 Å². The standard InChI is InChI=1S/C19H11Cl3O3/c1-23-15-5-3-2-4-10(15)11-6-16-17(7-12(11)20)25-19-9-14(22)13(21)8-18(19)24-16/h2-9H,1H3. The largest absolute Gasteiger partial charge is 0.496 e. The third kappa shape index (κ3) is 2.89. The van der Waals surface area contributed by atoms with E-state index in [9.17, 15) is 0 Å². The normalized spacial score (nSPS) is 11.8. The second-order valence-corrected chi connectivity index (χ2v) is 6.62. The van der Waals surface area contributed by atoms with E-state index in [0.717, 1.165) is 16.9 Å². The second kappa shape index (κ2) is 6.34. The molecule has 0 radical (unpaired) electrons. The molecule has 0 saturated heterocycles. The molecule has 0 aliphatic carbocycles. The molecule has 0 aromatic heterocycles. The predicted molar refractivity (Wildman–Crippen MR) is 100 cm³/mol. The predicted octanol–water partition coefficient (Wildman–Crippen LogP) is 7.22. The fourth-order valence-electron chi connectivity index (χ4n) is 2.67. The lowest BCUT2D eigenvalue weighted by Crippen LogP contribution is -2.00. The Labute approximate surface area is 159 Å². The number of rotatable bonds is 2. The van der Waals surface area contributed by atoms with Gasteiger partial charge in [-0.15, -0.1) is 0 Å². The van der Waals surface area contributed by atoms with Crippen molar-refractivity contribution in [2.75, 3.05) is 7.11 Å². The van der Waals surface area contributed by atoms with Gasteiger partial charge in [-0.3, -0.25) is 0 Å². The van der Waals surface area contributed by atoms with Gasteiger partial charge in [0.25, 0.3) is 0 Å². The third-order valence-electron chi connectivity index (χ3n) is 3.86. The van der Waals surface area contributed by atoms with Crippen molar-refractivity contribution in [2.45, 2.75) is 0 Å². The highest BCUT2D eigenvalue weighted by atomic mass is 35.5. The Morgan fingerprint density at radius 3 is 1.80 bits per heavy atom. The van der Waals surface area contributed by atoms with E-state index >= 15 is 0 Å². The van der Waals surface area contributed by atoms with Gasteiger partial charge in [0.05, 0.1) is 22.2 Å². The highest BCUT2D eigenvalue weighted by Crippen LogP contribution is 2.51.